The summed E-state index contributed by atoms with van der Waals surface area (Å²) in [4.78, 5) is 0. The molecule has 0 bridgehead atoms. The van der Waals surface area contributed by atoms with Crippen LogP contribution in [-0.2, 0) is 27.3 Å². The van der Waals surface area contributed by atoms with E-state index < -0.39 is 22.4 Å². The predicted octanol–water partition coefficient (Wildman–Crippen LogP) is 5.35. The molecule has 0 saturated heterocycles. The van der Waals surface area contributed by atoms with Crippen LogP contribution in [0.3, 0.4) is 0 Å². The summed E-state index contributed by atoms with van der Waals surface area (Å²) >= 11 is 0. The van der Waals surface area contributed by atoms with Gasteiger partial charge in [0.25, 0.3) is 0 Å². The second-order valence-corrected chi connectivity index (χ2v) is 8.42. The average Bonchev–Trinajstić information content (AvgIpc) is 2.68. The van der Waals surface area contributed by atoms with Gasteiger partial charge in [0.2, 0.25) is 6.79 Å². The zero-order valence-corrected chi connectivity index (χ0v) is 18.1. The summed E-state index contributed by atoms with van der Waals surface area (Å²) in [5.74, 6) is 0.993. The Hall–Kier alpha value is -2.26. The van der Waals surface area contributed by atoms with Crippen molar-refractivity contribution >= 4 is 10.1 Å². The molecule has 0 heterocycles. The minimum absolute atomic E-state index is 0.316. The highest BCUT2D eigenvalue weighted by atomic mass is 32.2. The standard InChI is InChI=1S/C21H25F3O5S/c1-5-9-18-16(4)19(27-12-17-10-7-6-8-11-17)14(2)15(3)20(18)28-13-29-30(25,26)21(22,23)24/h6-8,10-11H,5,9,12-13H2,1-4H3. The summed E-state index contributed by atoms with van der Waals surface area (Å²) in [5.41, 5.74) is -1.55. The van der Waals surface area contributed by atoms with E-state index in [1.807, 2.05) is 51.1 Å². The van der Waals surface area contributed by atoms with Crippen LogP contribution in [0.4, 0.5) is 13.2 Å². The van der Waals surface area contributed by atoms with E-state index in [9.17, 15) is 21.6 Å². The molecule has 2 rings (SSSR count). The van der Waals surface area contributed by atoms with E-state index in [0.717, 1.165) is 28.7 Å². The van der Waals surface area contributed by atoms with Crippen molar-refractivity contribution in [1.82, 2.24) is 0 Å². The zero-order valence-electron chi connectivity index (χ0n) is 17.3. The zero-order chi connectivity index (χ0) is 22.5. The van der Waals surface area contributed by atoms with E-state index in [-0.39, 0.29) is 0 Å². The number of rotatable bonds is 9. The Morgan fingerprint density at radius 2 is 1.50 bits per heavy atom. The molecule has 5 nitrogen and oxygen atoms in total. The Bertz CT molecular complexity index is 971. The molecule has 0 atom stereocenters. The fourth-order valence-corrected chi connectivity index (χ4v) is 3.37. The van der Waals surface area contributed by atoms with Gasteiger partial charge >= 0.3 is 15.6 Å². The number of hydrogen-bond donors (Lipinski definition) is 0. The summed E-state index contributed by atoms with van der Waals surface area (Å²) in [6.45, 7) is 6.66. The summed E-state index contributed by atoms with van der Waals surface area (Å²) in [6, 6.07) is 9.63. The van der Waals surface area contributed by atoms with Gasteiger partial charge in [-0.05, 0) is 49.4 Å². The van der Waals surface area contributed by atoms with Gasteiger partial charge in [0.1, 0.15) is 18.1 Å². The molecule has 0 aromatic heterocycles. The Labute approximate surface area is 174 Å². The van der Waals surface area contributed by atoms with Gasteiger partial charge in [-0.3, -0.25) is 0 Å². The second-order valence-electron chi connectivity index (χ2n) is 6.82. The Kier molecular flexibility index (Phi) is 7.76. The van der Waals surface area contributed by atoms with Gasteiger partial charge in [0.15, 0.2) is 0 Å². The molecule has 0 unspecified atom stereocenters. The number of alkyl halides is 3. The second kappa shape index (κ2) is 9.70. The van der Waals surface area contributed by atoms with Crippen molar-refractivity contribution in [3.05, 3.63) is 58.1 Å². The number of halogens is 3. The molecular formula is C21H25F3O5S. The van der Waals surface area contributed by atoms with Crippen LogP contribution in [0.5, 0.6) is 11.5 Å². The van der Waals surface area contributed by atoms with E-state index in [0.29, 0.717) is 30.1 Å². The fraction of sp³-hybridized carbons (Fsp3) is 0.429. The van der Waals surface area contributed by atoms with Gasteiger partial charge in [-0.15, -0.1) is 0 Å². The van der Waals surface area contributed by atoms with E-state index in [2.05, 4.69) is 4.18 Å². The molecule has 2 aromatic carbocycles. The Morgan fingerprint density at radius 1 is 0.900 bits per heavy atom. The van der Waals surface area contributed by atoms with Crippen molar-refractivity contribution in [1.29, 1.82) is 0 Å². The number of hydrogen-bond acceptors (Lipinski definition) is 5. The van der Waals surface area contributed by atoms with E-state index in [1.165, 1.54) is 0 Å². The minimum atomic E-state index is -5.72. The average molecular weight is 446 g/mol. The summed E-state index contributed by atoms with van der Waals surface area (Å²) in [7, 11) is -5.72. The molecule has 0 radical (unpaired) electrons. The van der Waals surface area contributed by atoms with Gasteiger partial charge in [-0.25, -0.2) is 4.18 Å². The van der Waals surface area contributed by atoms with Crippen molar-refractivity contribution in [2.45, 2.75) is 52.7 Å². The Morgan fingerprint density at radius 3 is 2.07 bits per heavy atom. The fourth-order valence-electron chi connectivity index (χ4n) is 3.06. The third kappa shape index (κ3) is 5.46. The number of benzene rings is 2. The van der Waals surface area contributed by atoms with Gasteiger partial charge < -0.3 is 9.47 Å². The lowest BCUT2D eigenvalue weighted by molar-refractivity contribution is -0.0589. The molecule has 30 heavy (non-hydrogen) atoms. The summed E-state index contributed by atoms with van der Waals surface area (Å²) in [6.07, 6.45) is 1.33. The molecule has 2 aromatic rings. The van der Waals surface area contributed by atoms with Crippen LogP contribution in [0.1, 0.15) is 41.2 Å². The molecule has 0 fully saturated rings. The van der Waals surface area contributed by atoms with E-state index >= 15 is 0 Å². The van der Waals surface area contributed by atoms with Gasteiger partial charge in [0, 0.05) is 5.56 Å². The van der Waals surface area contributed by atoms with Crippen molar-refractivity contribution < 1.29 is 35.2 Å². The van der Waals surface area contributed by atoms with E-state index in [1.54, 1.807) is 6.92 Å². The van der Waals surface area contributed by atoms with Crippen LogP contribution in [0.25, 0.3) is 0 Å². The number of ether oxygens (including phenoxy) is 2. The van der Waals surface area contributed by atoms with Gasteiger partial charge in [0.05, 0.1) is 0 Å². The smallest absolute Gasteiger partial charge is 0.488 e. The van der Waals surface area contributed by atoms with Gasteiger partial charge in [-0.2, -0.15) is 21.6 Å². The minimum Gasteiger partial charge on any atom is -0.488 e. The highest BCUT2D eigenvalue weighted by Gasteiger charge is 2.47. The molecule has 0 aliphatic carbocycles. The predicted molar refractivity (Wildman–Crippen MR) is 107 cm³/mol. The maximum Gasteiger partial charge on any atom is 0.523 e. The van der Waals surface area contributed by atoms with Crippen LogP contribution < -0.4 is 9.47 Å². The highest BCUT2D eigenvalue weighted by Crippen LogP contribution is 2.39. The molecule has 0 aliphatic rings. The molecule has 0 amide bonds. The molecule has 0 saturated carbocycles. The molecule has 0 N–H and O–H groups in total. The van der Waals surface area contributed by atoms with Gasteiger partial charge in [-0.1, -0.05) is 43.7 Å². The quantitative estimate of drug-likeness (QED) is 0.295. The molecule has 0 aliphatic heterocycles. The first kappa shape index (κ1) is 24.0. The first-order valence-corrected chi connectivity index (χ1v) is 10.8. The third-order valence-corrected chi connectivity index (χ3v) is 5.70. The van der Waals surface area contributed by atoms with Crippen LogP contribution >= 0.6 is 0 Å². The van der Waals surface area contributed by atoms with Crippen LogP contribution in [0, 0.1) is 20.8 Å². The van der Waals surface area contributed by atoms with Crippen molar-refractivity contribution in [2.75, 3.05) is 6.79 Å². The van der Waals surface area contributed by atoms with Crippen molar-refractivity contribution in [3.63, 3.8) is 0 Å². The molecular weight excluding hydrogens is 421 g/mol. The van der Waals surface area contributed by atoms with Crippen LogP contribution in [-0.4, -0.2) is 20.7 Å². The lowest BCUT2D eigenvalue weighted by Crippen LogP contribution is -2.27. The largest absolute Gasteiger partial charge is 0.523 e. The molecule has 9 heteroatoms. The molecule has 0 spiro atoms. The topological polar surface area (TPSA) is 61.8 Å². The maximum absolute atomic E-state index is 12.5. The lowest BCUT2D eigenvalue weighted by atomic mass is 9.94. The monoisotopic (exact) mass is 446 g/mol. The highest BCUT2D eigenvalue weighted by molar-refractivity contribution is 7.87. The SMILES string of the molecule is CCCc1c(C)c(OCc2ccccc2)c(C)c(C)c1OCOS(=O)(=O)C(F)(F)F. The molecule has 166 valence electrons. The van der Waals surface area contributed by atoms with Crippen LogP contribution in [0.2, 0.25) is 0 Å². The lowest BCUT2D eigenvalue weighted by Gasteiger charge is -2.22. The third-order valence-electron chi connectivity index (χ3n) is 4.73. The first-order chi connectivity index (χ1) is 14.0. The van der Waals surface area contributed by atoms with Crippen LogP contribution in [0.15, 0.2) is 30.3 Å². The maximum atomic E-state index is 12.5. The van der Waals surface area contributed by atoms with Crippen molar-refractivity contribution in [2.24, 2.45) is 0 Å². The van der Waals surface area contributed by atoms with E-state index in [4.69, 9.17) is 9.47 Å². The summed E-state index contributed by atoms with van der Waals surface area (Å²) < 4.78 is 75.0. The normalized spacial score (nSPS) is 12.1. The first-order valence-electron chi connectivity index (χ1n) is 9.37. The Balaban J connectivity index is 2.30. The summed E-state index contributed by atoms with van der Waals surface area (Å²) in [5, 5.41) is 0. The van der Waals surface area contributed by atoms with Crippen molar-refractivity contribution in [3.8, 4) is 11.5 Å².